The van der Waals surface area contributed by atoms with Gasteiger partial charge in [0.1, 0.15) is 5.52 Å². The minimum atomic E-state index is 0.637. The molecule has 2 aromatic rings. The van der Waals surface area contributed by atoms with E-state index in [0.717, 1.165) is 24.2 Å². The largest absolute Gasteiger partial charge is 0.437 e. The van der Waals surface area contributed by atoms with Crippen molar-refractivity contribution >= 4 is 22.9 Å². The van der Waals surface area contributed by atoms with E-state index in [-0.39, 0.29) is 0 Å². The number of hydrogen-bond acceptors (Lipinski definition) is 4. The van der Waals surface area contributed by atoms with Crippen molar-refractivity contribution in [3.8, 4) is 0 Å². The zero-order valence-corrected chi connectivity index (χ0v) is 9.60. The van der Waals surface area contributed by atoms with Crippen LogP contribution in [0.15, 0.2) is 28.8 Å². The van der Waals surface area contributed by atoms with Gasteiger partial charge in [0.25, 0.3) is 0 Å². The van der Waals surface area contributed by atoms with Crippen LogP contribution in [0.1, 0.15) is 18.7 Å². The molecule has 3 rings (SSSR count). The number of hydrogen-bond donors (Lipinski definition) is 1. The van der Waals surface area contributed by atoms with Crippen molar-refractivity contribution in [1.29, 1.82) is 0 Å². The van der Waals surface area contributed by atoms with Crippen LogP contribution in [0.4, 0.5) is 5.69 Å². The molecule has 88 valence electrons. The summed E-state index contributed by atoms with van der Waals surface area (Å²) in [4.78, 5) is 6.66. The van der Waals surface area contributed by atoms with Gasteiger partial charge in [-0.15, -0.1) is 0 Å². The zero-order chi connectivity index (χ0) is 11.7. The van der Waals surface area contributed by atoms with Gasteiger partial charge in [0.05, 0.1) is 0 Å². The van der Waals surface area contributed by atoms with Gasteiger partial charge in [0.2, 0.25) is 5.89 Å². The minimum absolute atomic E-state index is 0.637. The van der Waals surface area contributed by atoms with E-state index in [4.69, 9.17) is 10.2 Å². The number of aromatic nitrogens is 1. The summed E-state index contributed by atoms with van der Waals surface area (Å²) < 4.78 is 5.60. The monoisotopic (exact) mass is 229 g/mol. The molecule has 0 saturated carbocycles. The number of nitrogens with two attached hydrogens (primary N) is 1. The van der Waals surface area contributed by atoms with E-state index in [1.807, 2.05) is 18.2 Å². The summed E-state index contributed by atoms with van der Waals surface area (Å²) in [6, 6.07) is 5.51. The van der Waals surface area contributed by atoms with Gasteiger partial charge in [-0.2, -0.15) is 0 Å². The highest BCUT2D eigenvalue weighted by Crippen LogP contribution is 2.19. The maximum atomic E-state index is 5.69. The first-order valence-electron chi connectivity index (χ1n) is 5.89. The molecule has 0 radical (unpaired) electrons. The van der Waals surface area contributed by atoms with Gasteiger partial charge in [-0.1, -0.05) is 0 Å². The van der Waals surface area contributed by atoms with Crippen molar-refractivity contribution in [2.24, 2.45) is 0 Å². The van der Waals surface area contributed by atoms with Crippen LogP contribution >= 0.6 is 0 Å². The molecule has 17 heavy (non-hydrogen) atoms. The van der Waals surface area contributed by atoms with Crippen molar-refractivity contribution in [3.63, 3.8) is 0 Å². The normalized spacial score (nSPS) is 16.4. The van der Waals surface area contributed by atoms with Crippen LogP contribution in [0.2, 0.25) is 0 Å². The lowest BCUT2D eigenvalue weighted by molar-refractivity contribution is 0.469. The summed E-state index contributed by atoms with van der Waals surface area (Å²) in [5.74, 6) is 0.637. The fourth-order valence-corrected chi connectivity index (χ4v) is 2.09. The van der Waals surface area contributed by atoms with E-state index in [0.29, 0.717) is 11.6 Å². The molecular weight excluding hydrogens is 214 g/mol. The minimum Gasteiger partial charge on any atom is -0.437 e. The fourth-order valence-electron chi connectivity index (χ4n) is 2.09. The van der Waals surface area contributed by atoms with Crippen LogP contribution in [-0.2, 0) is 0 Å². The third-order valence-corrected chi connectivity index (χ3v) is 3.00. The Morgan fingerprint density at radius 2 is 2.12 bits per heavy atom. The second kappa shape index (κ2) is 4.13. The van der Waals surface area contributed by atoms with Crippen LogP contribution in [0.5, 0.6) is 0 Å². The molecule has 4 nitrogen and oxygen atoms in total. The first-order chi connectivity index (χ1) is 8.31. The molecule has 0 spiro atoms. The molecule has 0 unspecified atom stereocenters. The van der Waals surface area contributed by atoms with Gasteiger partial charge in [0, 0.05) is 37.1 Å². The highest BCUT2D eigenvalue weighted by Gasteiger charge is 2.07. The van der Waals surface area contributed by atoms with E-state index in [2.05, 4.69) is 16.1 Å². The first-order valence-corrected chi connectivity index (χ1v) is 5.89. The molecule has 0 atom stereocenters. The number of nitrogens with zero attached hydrogens (tertiary/aromatic N) is 2. The second-order valence-corrected chi connectivity index (χ2v) is 4.34. The lowest BCUT2D eigenvalue weighted by Gasteiger charge is -2.08. The van der Waals surface area contributed by atoms with Gasteiger partial charge in [-0.05, 0) is 25.0 Å². The number of nitrogen functional groups attached to an aromatic ring is 1. The quantitative estimate of drug-likeness (QED) is 0.804. The summed E-state index contributed by atoms with van der Waals surface area (Å²) in [7, 11) is 0. The molecule has 1 aliphatic heterocycles. The lowest BCUT2D eigenvalue weighted by Crippen LogP contribution is -2.09. The first kappa shape index (κ1) is 10.2. The molecular formula is C13H15N3O. The average Bonchev–Trinajstić information content (AvgIpc) is 2.94. The third kappa shape index (κ3) is 2.11. The van der Waals surface area contributed by atoms with Gasteiger partial charge in [-0.3, -0.25) is 0 Å². The molecule has 0 aliphatic carbocycles. The van der Waals surface area contributed by atoms with Crippen molar-refractivity contribution in [2.75, 3.05) is 18.8 Å². The van der Waals surface area contributed by atoms with E-state index >= 15 is 0 Å². The standard InChI is InChI=1S/C13H15N3O/c14-10-3-4-11-12(9-10)17-13(15-11)5-8-16-6-1-2-7-16/h3-5,8-9H,1-2,6-7,14H2/b8-5+. The smallest absolute Gasteiger partial charge is 0.221 e. The Hall–Kier alpha value is -1.97. The molecule has 0 bridgehead atoms. The Labute approximate surface area is 99.7 Å². The Balaban J connectivity index is 1.85. The second-order valence-electron chi connectivity index (χ2n) is 4.34. The molecule has 1 fully saturated rings. The lowest BCUT2D eigenvalue weighted by atomic mass is 10.3. The van der Waals surface area contributed by atoms with E-state index in [1.165, 1.54) is 12.8 Å². The zero-order valence-electron chi connectivity index (χ0n) is 9.60. The summed E-state index contributed by atoms with van der Waals surface area (Å²) in [5, 5.41) is 0. The number of rotatable bonds is 2. The molecule has 2 heterocycles. The Morgan fingerprint density at radius 3 is 2.94 bits per heavy atom. The van der Waals surface area contributed by atoms with Gasteiger partial charge >= 0.3 is 0 Å². The van der Waals surface area contributed by atoms with Crippen molar-refractivity contribution in [3.05, 3.63) is 30.3 Å². The summed E-state index contributed by atoms with van der Waals surface area (Å²) in [5.41, 5.74) is 7.98. The molecule has 1 aromatic heterocycles. The third-order valence-electron chi connectivity index (χ3n) is 3.00. The van der Waals surface area contributed by atoms with Gasteiger partial charge in [-0.25, -0.2) is 4.98 Å². The summed E-state index contributed by atoms with van der Waals surface area (Å²) >= 11 is 0. The molecule has 0 amide bonds. The van der Waals surface area contributed by atoms with Crippen molar-refractivity contribution in [1.82, 2.24) is 9.88 Å². The van der Waals surface area contributed by atoms with Crippen molar-refractivity contribution < 1.29 is 4.42 Å². The molecule has 1 aromatic carbocycles. The maximum absolute atomic E-state index is 5.69. The van der Waals surface area contributed by atoms with Crippen LogP contribution in [0, 0.1) is 0 Å². The van der Waals surface area contributed by atoms with Crippen molar-refractivity contribution in [2.45, 2.75) is 12.8 Å². The predicted octanol–water partition coefficient (Wildman–Crippen LogP) is 2.48. The molecule has 4 heteroatoms. The molecule has 2 N–H and O–H groups in total. The molecule has 1 saturated heterocycles. The number of oxazole rings is 1. The Bertz CT molecular complexity index is 553. The number of anilines is 1. The van der Waals surface area contributed by atoms with E-state index in [1.54, 1.807) is 6.07 Å². The average molecular weight is 229 g/mol. The Morgan fingerprint density at radius 1 is 1.29 bits per heavy atom. The topological polar surface area (TPSA) is 55.3 Å². The summed E-state index contributed by atoms with van der Waals surface area (Å²) in [6.07, 6.45) is 6.52. The van der Waals surface area contributed by atoms with Crippen LogP contribution in [0.3, 0.4) is 0 Å². The van der Waals surface area contributed by atoms with Crippen LogP contribution in [-0.4, -0.2) is 23.0 Å². The van der Waals surface area contributed by atoms with E-state index in [9.17, 15) is 0 Å². The molecule has 1 aliphatic rings. The van der Waals surface area contributed by atoms with Gasteiger partial charge < -0.3 is 15.1 Å². The fraction of sp³-hybridized carbons (Fsp3) is 0.308. The SMILES string of the molecule is Nc1ccc2nc(/C=C/N3CCCC3)oc2c1. The van der Waals surface area contributed by atoms with Crippen LogP contribution in [0.25, 0.3) is 17.2 Å². The highest BCUT2D eigenvalue weighted by atomic mass is 16.3. The predicted molar refractivity (Wildman–Crippen MR) is 68.3 cm³/mol. The number of fused-ring (bicyclic) bond motifs is 1. The van der Waals surface area contributed by atoms with E-state index < -0.39 is 0 Å². The summed E-state index contributed by atoms with van der Waals surface area (Å²) in [6.45, 7) is 2.26. The Kier molecular flexibility index (Phi) is 2.48. The highest BCUT2D eigenvalue weighted by molar-refractivity contribution is 5.77. The number of benzene rings is 1. The number of likely N-dealkylation sites (tertiary alicyclic amines) is 1. The van der Waals surface area contributed by atoms with Crippen LogP contribution < -0.4 is 5.73 Å². The maximum Gasteiger partial charge on any atom is 0.221 e. The van der Waals surface area contributed by atoms with Gasteiger partial charge in [0.15, 0.2) is 5.58 Å².